The van der Waals surface area contributed by atoms with E-state index in [1.807, 2.05) is 6.07 Å². The lowest BCUT2D eigenvalue weighted by molar-refractivity contribution is 0.102. The minimum absolute atomic E-state index is 0.184. The van der Waals surface area contributed by atoms with Gasteiger partial charge in [-0.1, -0.05) is 22.0 Å². The lowest BCUT2D eigenvalue weighted by Gasteiger charge is -2.03. The largest absolute Gasteiger partial charge is 0.319 e. The van der Waals surface area contributed by atoms with Gasteiger partial charge >= 0.3 is 0 Å². The standard InChI is InChI=1S/C11H8BrN3O/c12-9-3-1-2-8(4-9)11(16)15-10-5-13-7-14-6-10/h1-7H,(H,15,16). The Bertz CT molecular complexity index is 502. The molecule has 0 aliphatic rings. The number of carbonyl (C=O) groups is 1. The molecule has 2 rings (SSSR count). The fourth-order valence-electron chi connectivity index (χ4n) is 1.20. The molecule has 1 aromatic heterocycles. The second-order valence-corrected chi connectivity index (χ2v) is 4.01. The molecule has 0 atom stereocenters. The molecular weight excluding hydrogens is 270 g/mol. The molecule has 1 aromatic carbocycles. The van der Waals surface area contributed by atoms with E-state index in [4.69, 9.17) is 0 Å². The van der Waals surface area contributed by atoms with E-state index >= 15 is 0 Å². The highest BCUT2D eigenvalue weighted by molar-refractivity contribution is 9.10. The molecule has 5 heteroatoms. The van der Waals surface area contributed by atoms with Crippen LogP contribution in [0.1, 0.15) is 10.4 Å². The summed E-state index contributed by atoms with van der Waals surface area (Å²) in [7, 11) is 0. The molecule has 2 aromatic rings. The lowest BCUT2D eigenvalue weighted by atomic mass is 10.2. The topological polar surface area (TPSA) is 54.9 Å². The third-order valence-corrected chi connectivity index (χ3v) is 2.40. The summed E-state index contributed by atoms with van der Waals surface area (Å²) in [5.74, 6) is -0.184. The smallest absolute Gasteiger partial charge is 0.255 e. The molecule has 0 aliphatic carbocycles. The van der Waals surface area contributed by atoms with E-state index in [0.717, 1.165) is 4.47 Å². The number of hydrogen-bond donors (Lipinski definition) is 1. The molecule has 1 heterocycles. The van der Waals surface area contributed by atoms with Crippen LogP contribution in [0.3, 0.4) is 0 Å². The molecule has 16 heavy (non-hydrogen) atoms. The van der Waals surface area contributed by atoms with Gasteiger partial charge in [-0.05, 0) is 18.2 Å². The number of rotatable bonds is 2. The Kier molecular flexibility index (Phi) is 3.26. The molecule has 1 N–H and O–H groups in total. The molecule has 0 bridgehead atoms. The number of hydrogen-bond acceptors (Lipinski definition) is 3. The molecule has 0 radical (unpaired) electrons. The van der Waals surface area contributed by atoms with Crippen LogP contribution in [0.25, 0.3) is 0 Å². The lowest BCUT2D eigenvalue weighted by Crippen LogP contribution is -2.12. The SMILES string of the molecule is O=C(Nc1cncnc1)c1cccc(Br)c1. The zero-order valence-corrected chi connectivity index (χ0v) is 9.81. The minimum Gasteiger partial charge on any atom is -0.319 e. The van der Waals surface area contributed by atoms with Crippen LogP contribution in [0, 0.1) is 0 Å². The van der Waals surface area contributed by atoms with Gasteiger partial charge in [0.15, 0.2) is 0 Å². The Morgan fingerprint density at radius 3 is 2.69 bits per heavy atom. The van der Waals surface area contributed by atoms with Crippen molar-refractivity contribution in [2.45, 2.75) is 0 Å². The van der Waals surface area contributed by atoms with E-state index in [0.29, 0.717) is 11.3 Å². The molecule has 0 saturated heterocycles. The summed E-state index contributed by atoms with van der Waals surface area (Å²) in [4.78, 5) is 19.4. The van der Waals surface area contributed by atoms with Gasteiger partial charge < -0.3 is 5.32 Å². The number of nitrogens with one attached hydrogen (secondary N) is 1. The maximum Gasteiger partial charge on any atom is 0.255 e. The van der Waals surface area contributed by atoms with Crippen LogP contribution in [-0.4, -0.2) is 15.9 Å². The molecule has 80 valence electrons. The van der Waals surface area contributed by atoms with Crippen molar-refractivity contribution in [3.63, 3.8) is 0 Å². The number of anilines is 1. The van der Waals surface area contributed by atoms with Crippen LogP contribution >= 0.6 is 15.9 Å². The third-order valence-electron chi connectivity index (χ3n) is 1.91. The van der Waals surface area contributed by atoms with Crippen LogP contribution in [-0.2, 0) is 0 Å². The van der Waals surface area contributed by atoms with Gasteiger partial charge in [-0.3, -0.25) is 4.79 Å². The van der Waals surface area contributed by atoms with Crippen LogP contribution in [0.5, 0.6) is 0 Å². The first-order valence-electron chi connectivity index (χ1n) is 4.57. The van der Waals surface area contributed by atoms with Crippen molar-refractivity contribution in [3.05, 3.63) is 53.0 Å². The van der Waals surface area contributed by atoms with Gasteiger partial charge in [0, 0.05) is 10.0 Å². The predicted octanol–water partition coefficient (Wildman–Crippen LogP) is 2.49. The van der Waals surface area contributed by atoms with Gasteiger partial charge in [-0.2, -0.15) is 0 Å². The average Bonchev–Trinajstić information content (AvgIpc) is 2.30. The first-order valence-corrected chi connectivity index (χ1v) is 5.37. The second kappa shape index (κ2) is 4.85. The number of halogens is 1. The van der Waals surface area contributed by atoms with Crippen molar-refractivity contribution in [1.29, 1.82) is 0 Å². The summed E-state index contributed by atoms with van der Waals surface area (Å²) < 4.78 is 0.865. The maximum atomic E-state index is 11.8. The zero-order valence-electron chi connectivity index (χ0n) is 8.22. The molecule has 0 spiro atoms. The van der Waals surface area contributed by atoms with Crippen molar-refractivity contribution < 1.29 is 4.79 Å². The number of benzene rings is 1. The van der Waals surface area contributed by atoms with E-state index in [1.165, 1.54) is 6.33 Å². The average molecular weight is 278 g/mol. The van der Waals surface area contributed by atoms with Crippen LogP contribution in [0.2, 0.25) is 0 Å². The van der Waals surface area contributed by atoms with E-state index in [-0.39, 0.29) is 5.91 Å². The predicted molar refractivity (Wildman–Crippen MR) is 64.1 cm³/mol. The van der Waals surface area contributed by atoms with Gasteiger partial charge in [0.25, 0.3) is 5.91 Å². The summed E-state index contributed by atoms with van der Waals surface area (Å²) in [6, 6.07) is 7.16. The van der Waals surface area contributed by atoms with Crippen LogP contribution < -0.4 is 5.32 Å². The maximum absolute atomic E-state index is 11.8. The summed E-state index contributed by atoms with van der Waals surface area (Å²) in [6.45, 7) is 0. The van der Waals surface area contributed by atoms with E-state index in [1.54, 1.807) is 30.6 Å². The van der Waals surface area contributed by atoms with Crippen molar-refractivity contribution >= 4 is 27.5 Å². The normalized spacial score (nSPS) is 9.81. The number of amides is 1. The summed E-state index contributed by atoms with van der Waals surface area (Å²) in [5.41, 5.74) is 1.16. The monoisotopic (exact) mass is 277 g/mol. The number of aromatic nitrogens is 2. The highest BCUT2D eigenvalue weighted by atomic mass is 79.9. The fourth-order valence-corrected chi connectivity index (χ4v) is 1.60. The first kappa shape index (κ1) is 10.8. The van der Waals surface area contributed by atoms with Crippen LogP contribution in [0.15, 0.2) is 47.5 Å². The highest BCUT2D eigenvalue weighted by Gasteiger charge is 2.05. The quantitative estimate of drug-likeness (QED) is 0.918. The van der Waals surface area contributed by atoms with Crippen molar-refractivity contribution in [2.75, 3.05) is 5.32 Å². The first-order chi connectivity index (χ1) is 7.75. The highest BCUT2D eigenvalue weighted by Crippen LogP contribution is 2.13. The van der Waals surface area contributed by atoms with Gasteiger partial charge in [0.1, 0.15) is 6.33 Å². The number of carbonyl (C=O) groups excluding carboxylic acids is 1. The molecule has 4 nitrogen and oxygen atoms in total. The van der Waals surface area contributed by atoms with Gasteiger partial charge in [-0.25, -0.2) is 9.97 Å². The molecule has 0 unspecified atom stereocenters. The molecule has 1 amide bonds. The van der Waals surface area contributed by atoms with Gasteiger partial charge in [-0.15, -0.1) is 0 Å². The Balaban J connectivity index is 2.15. The third kappa shape index (κ3) is 2.64. The van der Waals surface area contributed by atoms with Crippen molar-refractivity contribution in [3.8, 4) is 0 Å². The second-order valence-electron chi connectivity index (χ2n) is 3.09. The Labute approximate surface area is 101 Å². The van der Waals surface area contributed by atoms with E-state index in [9.17, 15) is 4.79 Å². The zero-order chi connectivity index (χ0) is 11.4. The molecule has 0 fully saturated rings. The van der Waals surface area contributed by atoms with E-state index < -0.39 is 0 Å². The summed E-state index contributed by atoms with van der Waals surface area (Å²) >= 11 is 3.31. The van der Waals surface area contributed by atoms with Gasteiger partial charge in [0.05, 0.1) is 18.1 Å². The van der Waals surface area contributed by atoms with Gasteiger partial charge in [0.2, 0.25) is 0 Å². The summed E-state index contributed by atoms with van der Waals surface area (Å²) in [5, 5.41) is 2.70. The number of nitrogens with zero attached hydrogens (tertiary/aromatic N) is 2. The Morgan fingerprint density at radius 1 is 1.25 bits per heavy atom. The Hall–Kier alpha value is -1.75. The Morgan fingerprint density at radius 2 is 2.00 bits per heavy atom. The molecule has 0 saturated carbocycles. The summed E-state index contributed by atoms with van der Waals surface area (Å²) in [6.07, 6.45) is 4.50. The molecule has 0 aliphatic heterocycles. The minimum atomic E-state index is -0.184. The van der Waals surface area contributed by atoms with Crippen LogP contribution in [0.4, 0.5) is 5.69 Å². The fraction of sp³-hybridized carbons (Fsp3) is 0. The van der Waals surface area contributed by atoms with Crippen molar-refractivity contribution in [2.24, 2.45) is 0 Å². The molecular formula is C11H8BrN3O. The van der Waals surface area contributed by atoms with Crippen molar-refractivity contribution in [1.82, 2.24) is 9.97 Å². The van der Waals surface area contributed by atoms with E-state index in [2.05, 4.69) is 31.2 Å².